The summed E-state index contributed by atoms with van der Waals surface area (Å²) in [5.41, 5.74) is 0. The molecule has 13 heavy (non-hydrogen) atoms. The maximum absolute atomic E-state index is 5.62. The lowest BCUT2D eigenvalue weighted by Crippen LogP contribution is -2.48. The quantitative estimate of drug-likeness (QED) is 0.504. The molecule has 0 bridgehead atoms. The molecule has 2 nitrogen and oxygen atoms in total. The minimum atomic E-state index is -2.04. The molecule has 0 unspecified atom stereocenters. The molecule has 0 rings (SSSR count). The van der Waals surface area contributed by atoms with Gasteiger partial charge in [0.25, 0.3) is 0 Å². The molecule has 0 aromatic carbocycles. The molecule has 0 aromatic rings. The zero-order valence-electron chi connectivity index (χ0n) is 9.52. The lowest BCUT2D eigenvalue weighted by molar-refractivity contribution is 0.214. The second kappa shape index (κ2) is 4.93. The van der Waals surface area contributed by atoms with E-state index in [0.29, 0.717) is 0 Å². The van der Waals surface area contributed by atoms with Crippen molar-refractivity contribution < 1.29 is 8.85 Å². The minimum absolute atomic E-state index is 0.111. The summed E-state index contributed by atoms with van der Waals surface area (Å²) in [5.74, 6) is 0. The summed E-state index contributed by atoms with van der Waals surface area (Å²) in [4.78, 5) is 0. The van der Waals surface area contributed by atoms with Crippen molar-refractivity contribution in [1.29, 1.82) is 0 Å². The van der Waals surface area contributed by atoms with Crippen LogP contribution in [0.1, 0.15) is 27.2 Å². The molecule has 0 N–H and O–H groups in total. The highest BCUT2D eigenvalue weighted by Crippen LogP contribution is 2.40. The number of rotatable bonds is 5. The molecular weight excluding hydrogens is 180 g/mol. The first-order valence-electron chi connectivity index (χ1n) is 4.64. The van der Waals surface area contributed by atoms with Crippen LogP contribution in [0.5, 0.6) is 0 Å². The van der Waals surface area contributed by atoms with Crippen molar-refractivity contribution in [2.24, 2.45) is 0 Å². The maximum atomic E-state index is 5.62. The fraction of sp³-hybridized carbons (Fsp3) is 0.800. The largest absolute Gasteiger partial charge is 0.397 e. The van der Waals surface area contributed by atoms with E-state index in [9.17, 15) is 0 Å². The lowest BCUT2D eigenvalue weighted by Gasteiger charge is -2.38. The average molecular weight is 202 g/mol. The first-order valence-corrected chi connectivity index (χ1v) is 6.67. The van der Waals surface area contributed by atoms with E-state index in [0.717, 1.165) is 12.5 Å². The Balaban J connectivity index is 4.59. The molecule has 0 atom stereocenters. The molecule has 0 aliphatic carbocycles. The van der Waals surface area contributed by atoms with E-state index in [2.05, 4.69) is 27.4 Å². The summed E-state index contributed by atoms with van der Waals surface area (Å²) < 4.78 is 11.2. The van der Waals surface area contributed by atoms with Crippen LogP contribution in [0, 0.1) is 0 Å². The molecule has 0 amide bonds. The van der Waals surface area contributed by atoms with Crippen molar-refractivity contribution in [3.63, 3.8) is 0 Å². The molecule has 0 saturated heterocycles. The molecule has 0 aromatic heterocycles. The SMILES string of the molecule is C=CCC[Si](OC)(OC)C(C)(C)C. The highest BCUT2D eigenvalue weighted by atomic mass is 28.4. The monoisotopic (exact) mass is 202 g/mol. The molecule has 0 radical (unpaired) electrons. The van der Waals surface area contributed by atoms with E-state index in [1.807, 2.05) is 6.08 Å². The fourth-order valence-corrected chi connectivity index (χ4v) is 4.70. The average Bonchev–Trinajstić information content (AvgIpc) is 2.05. The van der Waals surface area contributed by atoms with E-state index in [4.69, 9.17) is 8.85 Å². The van der Waals surface area contributed by atoms with Crippen LogP contribution in [-0.4, -0.2) is 22.8 Å². The van der Waals surface area contributed by atoms with Gasteiger partial charge in [0.2, 0.25) is 0 Å². The highest BCUT2D eigenvalue weighted by molar-refractivity contribution is 6.70. The smallest absolute Gasteiger partial charge is 0.343 e. The topological polar surface area (TPSA) is 18.5 Å². The van der Waals surface area contributed by atoms with E-state index in [1.165, 1.54) is 0 Å². The van der Waals surface area contributed by atoms with Gasteiger partial charge in [-0.3, -0.25) is 0 Å². The minimum Gasteiger partial charge on any atom is -0.397 e. The van der Waals surface area contributed by atoms with Crippen LogP contribution in [0.3, 0.4) is 0 Å². The summed E-state index contributed by atoms with van der Waals surface area (Å²) in [6.07, 6.45) is 2.89. The normalized spacial score (nSPS) is 13.0. The Morgan fingerprint density at radius 2 is 1.69 bits per heavy atom. The Hall–Kier alpha value is -0.123. The van der Waals surface area contributed by atoms with Gasteiger partial charge in [-0.15, -0.1) is 6.58 Å². The lowest BCUT2D eigenvalue weighted by atomic mass is 10.2. The third-order valence-corrected chi connectivity index (χ3v) is 7.03. The van der Waals surface area contributed by atoms with Gasteiger partial charge in [-0.05, 0) is 12.5 Å². The van der Waals surface area contributed by atoms with Crippen molar-refractivity contribution in [3.05, 3.63) is 12.7 Å². The van der Waals surface area contributed by atoms with Crippen molar-refractivity contribution in [3.8, 4) is 0 Å². The van der Waals surface area contributed by atoms with Gasteiger partial charge in [-0.2, -0.15) is 0 Å². The number of hydrogen-bond acceptors (Lipinski definition) is 2. The predicted octanol–water partition coefficient (Wildman–Crippen LogP) is 3.10. The van der Waals surface area contributed by atoms with Crippen LogP contribution in [0.15, 0.2) is 12.7 Å². The standard InChI is InChI=1S/C10H22O2Si/c1-7-8-9-13(11-5,12-6)10(2,3)4/h7H,1,8-9H2,2-6H3. The predicted molar refractivity (Wildman–Crippen MR) is 59.1 cm³/mol. The molecule has 0 aliphatic rings. The Labute approximate surface area is 83.2 Å². The fourth-order valence-electron chi connectivity index (χ4n) is 1.57. The first kappa shape index (κ1) is 12.9. The highest BCUT2D eigenvalue weighted by Gasteiger charge is 2.46. The van der Waals surface area contributed by atoms with Crippen LogP contribution in [0.4, 0.5) is 0 Å². The van der Waals surface area contributed by atoms with E-state index >= 15 is 0 Å². The molecule has 0 fully saturated rings. The van der Waals surface area contributed by atoms with Crippen molar-refractivity contribution >= 4 is 8.56 Å². The van der Waals surface area contributed by atoms with Crippen LogP contribution in [-0.2, 0) is 8.85 Å². The summed E-state index contributed by atoms with van der Waals surface area (Å²) >= 11 is 0. The van der Waals surface area contributed by atoms with Crippen LogP contribution in [0.2, 0.25) is 11.1 Å². The van der Waals surface area contributed by atoms with E-state index in [1.54, 1.807) is 14.2 Å². The molecule has 78 valence electrons. The van der Waals surface area contributed by atoms with Gasteiger partial charge in [0.1, 0.15) is 0 Å². The second-order valence-corrected chi connectivity index (χ2v) is 8.56. The first-order chi connectivity index (χ1) is 5.93. The summed E-state index contributed by atoms with van der Waals surface area (Å²) in [6, 6.07) is 0.979. The Morgan fingerprint density at radius 1 is 1.23 bits per heavy atom. The van der Waals surface area contributed by atoms with E-state index < -0.39 is 8.56 Å². The third-order valence-electron chi connectivity index (χ3n) is 2.48. The number of hydrogen-bond donors (Lipinski definition) is 0. The van der Waals surface area contributed by atoms with E-state index in [-0.39, 0.29) is 5.04 Å². The van der Waals surface area contributed by atoms with Gasteiger partial charge >= 0.3 is 8.56 Å². The van der Waals surface area contributed by atoms with Gasteiger partial charge in [0, 0.05) is 19.3 Å². The van der Waals surface area contributed by atoms with Gasteiger partial charge in [0.15, 0.2) is 0 Å². The van der Waals surface area contributed by atoms with Crippen molar-refractivity contribution in [2.45, 2.75) is 38.3 Å². The zero-order chi connectivity index (χ0) is 10.5. The summed E-state index contributed by atoms with van der Waals surface area (Å²) in [7, 11) is 1.47. The molecule has 0 spiro atoms. The van der Waals surface area contributed by atoms with Gasteiger partial charge in [0.05, 0.1) is 0 Å². The second-order valence-electron chi connectivity index (χ2n) is 4.24. The van der Waals surface area contributed by atoms with Crippen molar-refractivity contribution in [1.82, 2.24) is 0 Å². The van der Waals surface area contributed by atoms with Crippen LogP contribution >= 0.6 is 0 Å². The number of allylic oxidation sites excluding steroid dienone is 1. The Morgan fingerprint density at radius 3 is 1.92 bits per heavy atom. The zero-order valence-corrected chi connectivity index (χ0v) is 10.5. The molecule has 0 heterocycles. The van der Waals surface area contributed by atoms with Gasteiger partial charge < -0.3 is 8.85 Å². The molecular formula is C10H22O2Si. The van der Waals surface area contributed by atoms with Gasteiger partial charge in [-0.25, -0.2) is 0 Å². The van der Waals surface area contributed by atoms with Crippen LogP contribution < -0.4 is 0 Å². The van der Waals surface area contributed by atoms with Crippen molar-refractivity contribution in [2.75, 3.05) is 14.2 Å². The third kappa shape index (κ3) is 2.93. The Kier molecular flexibility index (Phi) is 4.89. The summed E-state index contributed by atoms with van der Waals surface area (Å²) in [5, 5.41) is 0.111. The summed E-state index contributed by atoms with van der Waals surface area (Å²) in [6.45, 7) is 10.3. The maximum Gasteiger partial charge on any atom is 0.343 e. The molecule has 3 heteroatoms. The van der Waals surface area contributed by atoms with Crippen LogP contribution in [0.25, 0.3) is 0 Å². The Bertz CT molecular complexity index is 157. The van der Waals surface area contributed by atoms with Gasteiger partial charge in [-0.1, -0.05) is 26.8 Å². The molecule has 0 aliphatic heterocycles. The molecule has 0 saturated carbocycles.